The standard InChI is InChI=1S/C26H28N4O4/c1-3-18-11-12-22(23(14-18)34-17-33-4-2)25-20-9-5-6-10-21(20)26(29-28-25)27-19-8-7-13-30(15-19)16-24(31)32/h1,5-6,9-12,14,19H,4,7-8,13,15-17H2,2H3,(H,27,29)(H,31,32). The number of carbonyl (C=O) groups is 1. The number of nitrogens with zero attached hydrogens (tertiary/aromatic N) is 3. The van der Waals surface area contributed by atoms with Gasteiger partial charge < -0.3 is 19.9 Å². The maximum absolute atomic E-state index is 11.1. The van der Waals surface area contributed by atoms with Crippen LogP contribution in [0.3, 0.4) is 0 Å². The molecule has 1 unspecified atom stereocenters. The fraction of sp³-hybridized carbons (Fsp3) is 0.346. The van der Waals surface area contributed by atoms with Gasteiger partial charge in [0.25, 0.3) is 0 Å². The molecule has 3 aromatic rings. The number of fused-ring (bicyclic) bond motifs is 1. The van der Waals surface area contributed by atoms with E-state index in [9.17, 15) is 4.79 Å². The van der Waals surface area contributed by atoms with E-state index < -0.39 is 5.97 Å². The molecular formula is C26H28N4O4. The number of piperidine rings is 1. The number of aromatic nitrogens is 2. The minimum Gasteiger partial charge on any atom is -0.480 e. The van der Waals surface area contributed by atoms with Crippen LogP contribution in [0.5, 0.6) is 5.75 Å². The van der Waals surface area contributed by atoms with Crippen LogP contribution in [-0.4, -0.2) is 65.2 Å². The molecule has 0 bridgehead atoms. The topological polar surface area (TPSA) is 96.8 Å². The molecule has 0 amide bonds. The highest BCUT2D eigenvalue weighted by Crippen LogP contribution is 2.36. The average molecular weight is 461 g/mol. The lowest BCUT2D eigenvalue weighted by Crippen LogP contribution is -2.44. The molecule has 1 aliphatic rings. The van der Waals surface area contributed by atoms with E-state index in [1.165, 1.54) is 0 Å². The zero-order valence-corrected chi connectivity index (χ0v) is 19.2. The highest BCUT2D eigenvalue weighted by atomic mass is 16.7. The number of anilines is 1. The molecule has 34 heavy (non-hydrogen) atoms. The molecule has 8 heteroatoms. The van der Waals surface area contributed by atoms with Crippen molar-refractivity contribution in [2.75, 3.05) is 38.4 Å². The number of ether oxygens (including phenoxy) is 2. The minimum absolute atomic E-state index is 0.0434. The fourth-order valence-electron chi connectivity index (χ4n) is 4.23. The number of hydrogen-bond acceptors (Lipinski definition) is 7. The second kappa shape index (κ2) is 11.0. The van der Waals surface area contributed by atoms with Crippen molar-refractivity contribution in [2.24, 2.45) is 0 Å². The van der Waals surface area contributed by atoms with Gasteiger partial charge in [0.1, 0.15) is 11.4 Å². The Kier molecular flexibility index (Phi) is 7.58. The Labute approximate surface area is 198 Å². The predicted octanol–water partition coefficient (Wildman–Crippen LogP) is 3.61. The number of nitrogens with one attached hydrogen (secondary N) is 1. The predicted molar refractivity (Wildman–Crippen MR) is 131 cm³/mol. The molecule has 176 valence electrons. The van der Waals surface area contributed by atoms with Crippen molar-refractivity contribution in [1.82, 2.24) is 15.1 Å². The van der Waals surface area contributed by atoms with Crippen LogP contribution in [0.25, 0.3) is 22.0 Å². The minimum atomic E-state index is -0.812. The Morgan fingerprint density at radius 2 is 2.09 bits per heavy atom. The van der Waals surface area contributed by atoms with Gasteiger partial charge in [-0.3, -0.25) is 9.69 Å². The lowest BCUT2D eigenvalue weighted by atomic mass is 10.0. The van der Waals surface area contributed by atoms with Gasteiger partial charge in [-0.05, 0) is 44.5 Å². The number of terminal acetylenes is 1. The van der Waals surface area contributed by atoms with Crippen LogP contribution in [0.2, 0.25) is 0 Å². The Bertz CT molecular complexity index is 1210. The van der Waals surface area contributed by atoms with Gasteiger partial charge in [0.05, 0.1) is 6.54 Å². The first-order valence-corrected chi connectivity index (χ1v) is 11.4. The zero-order chi connectivity index (χ0) is 23.9. The first-order valence-electron chi connectivity index (χ1n) is 11.4. The van der Waals surface area contributed by atoms with Crippen molar-refractivity contribution in [3.63, 3.8) is 0 Å². The monoisotopic (exact) mass is 460 g/mol. The number of carboxylic acids is 1. The number of aliphatic carboxylic acids is 1. The molecule has 0 aliphatic carbocycles. The van der Waals surface area contributed by atoms with Crippen LogP contribution >= 0.6 is 0 Å². The summed E-state index contributed by atoms with van der Waals surface area (Å²) in [5, 5.41) is 23.6. The first kappa shape index (κ1) is 23.5. The number of benzene rings is 2. The largest absolute Gasteiger partial charge is 0.480 e. The Morgan fingerprint density at radius 1 is 1.26 bits per heavy atom. The SMILES string of the molecule is C#Cc1ccc(-c2nnc(NC3CCCN(CC(=O)O)C3)c3ccccc23)c(OCOCC)c1. The van der Waals surface area contributed by atoms with E-state index in [0.29, 0.717) is 36.0 Å². The van der Waals surface area contributed by atoms with Gasteiger partial charge >= 0.3 is 5.97 Å². The third kappa shape index (κ3) is 5.45. The molecule has 1 saturated heterocycles. The summed E-state index contributed by atoms with van der Waals surface area (Å²) < 4.78 is 11.2. The van der Waals surface area contributed by atoms with E-state index >= 15 is 0 Å². The highest BCUT2D eigenvalue weighted by Gasteiger charge is 2.23. The number of rotatable bonds is 9. The van der Waals surface area contributed by atoms with Crippen molar-refractivity contribution in [3.8, 4) is 29.4 Å². The van der Waals surface area contributed by atoms with Crippen LogP contribution in [0.1, 0.15) is 25.3 Å². The Balaban J connectivity index is 1.67. The van der Waals surface area contributed by atoms with Gasteiger partial charge in [-0.2, -0.15) is 0 Å². The van der Waals surface area contributed by atoms with E-state index in [1.54, 1.807) is 6.07 Å². The van der Waals surface area contributed by atoms with E-state index in [4.69, 9.17) is 21.0 Å². The van der Waals surface area contributed by atoms with Crippen molar-refractivity contribution in [2.45, 2.75) is 25.8 Å². The molecule has 1 fully saturated rings. The van der Waals surface area contributed by atoms with E-state index in [-0.39, 0.29) is 19.4 Å². The first-order chi connectivity index (χ1) is 16.6. The summed E-state index contributed by atoms with van der Waals surface area (Å²) in [5.74, 6) is 3.09. The zero-order valence-electron chi connectivity index (χ0n) is 19.2. The molecule has 2 N–H and O–H groups in total. The molecule has 8 nitrogen and oxygen atoms in total. The Hall–Kier alpha value is -3.67. The van der Waals surface area contributed by atoms with E-state index in [1.807, 2.05) is 48.2 Å². The van der Waals surface area contributed by atoms with Crippen LogP contribution in [-0.2, 0) is 9.53 Å². The average Bonchev–Trinajstić information content (AvgIpc) is 2.84. The van der Waals surface area contributed by atoms with Crippen molar-refractivity contribution in [1.29, 1.82) is 0 Å². The third-order valence-electron chi connectivity index (χ3n) is 5.80. The second-order valence-corrected chi connectivity index (χ2v) is 8.17. The summed E-state index contributed by atoms with van der Waals surface area (Å²) in [5.41, 5.74) is 2.17. The summed E-state index contributed by atoms with van der Waals surface area (Å²) in [6.07, 6.45) is 7.46. The van der Waals surface area contributed by atoms with Gasteiger partial charge in [-0.15, -0.1) is 16.6 Å². The molecule has 0 radical (unpaired) electrons. The van der Waals surface area contributed by atoms with Crippen LogP contribution in [0.15, 0.2) is 42.5 Å². The summed E-state index contributed by atoms with van der Waals surface area (Å²) >= 11 is 0. The van der Waals surface area contributed by atoms with Gasteiger partial charge in [0, 0.05) is 41.1 Å². The third-order valence-corrected chi connectivity index (χ3v) is 5.80. The maximum Gasteiger partial charge on any atom is 0.317 e. The van der Waals surface area contributed by atoms with Crippen molar-refractivity contribution >= 4 is 22.6 Å². The van der Waals surface area contributed by atoms with Gasteiger partial charge in [0.2, 0.25) is 0 Å². The number of likely N-dealkylation sites (tertiary alicyclic amines) is 1. The molecule has 2 heterocycles. The molecule has 1 aliphatic heterocycles. The molecule has 4 rings (SSSR count). The maximum atomic E-state index is 11.1. The molecular weight excluding hydrogens is 432 g/mol. The summed E-state index contributed by atoms with van der Waals surface area (Å²) in [6, 6.07) is 13.6. The van der Waals surface area contributed by atoms with Crippen molar-refractivity contribution < 1.29 is 19.4 Å². The molecule has 0 saturated carbocycles. The smallest absolute Gasteiger partial charge is 0.317 e. The lowest BCUT2D eigenvalue weighted by molar-refractivity contribution is -0.138. The highest BCUT2D eigenvalue weighted by molar-refractivity contribution is 6.01. The van der Waals surface area contributed by atoms with Crippen LogP contribution < -0.4 is 10.1 Å². The fourth-order valence-corrected chi connectivity index (χ4v) is 4.23. The second-order valence-electron chi connectivity index (χ2n) is 8.17. The number of hydrogen-bond donors (Lipinski definition) is 2. The van der Waals surface area contributed by atoms with Crippen LogP contribution in [0, 0.1) is 12.3 Å². The lowest BCUT2D eigenvalue weighted by Gasteiger charge is -2.32. The number of carboxylic acid groups (broad SMARTS) is 1. The molecule has 2 aromatic carbocycles. The molecule has 1 aromatic heterocycles. The normalized spacial score (nSPS) is 16.2. The molecule has 1 atom stereocenters. The molecule has 0 spiro atoms. The van der Waals surface area contributed by atoms with Gasteiger partial charge in [-0.1, -0.05) is 30.2 Å². The van der Waals surface area contributed by atoms with Gasteiger partial charge in [-0.25, -0.2) is 0 Å². The summed E-state index contributed by atoms with van der Waals surface area (Å²) in [4.78, 5) is 13.1. The Morgan fingerprint density at radius 3 is 2.85 bits per heavy atom. The van der Waals surface area contributed by atoms with Gasteiger partial charge in [0.15, 0.2) is 12.6 Å². The van der Waals surface area contributed by atoms with E-state index in [0.717, 1.165) is 35.7 Å². The van der Waals surface area contributed by atoms with Crippen LogP contribution in [0.4, 0.5) is 5.82 Å². The van der Waals surface area contributed by atoms with Crippen molar-refractivity contribution in [3.05, 3.63) is 48.0 Å². The summed E-state index contributed by atoms with van der Waals surface area (Å²) in [6.45, 7) is 4.03. The quantitative estimate of drug-likeness (QED) is 0.284. The van der Waals surface area contributed by atoms with E-state index in [2.05, 4.69) is 21.4 Å². The summed E-state index contributed by atoms with van der Waals surface area (Å²) in [7, 11) is 0.